The number of carbonyl (C=O) groups excluding carboxylic acids is 3. The van der Waals surface area contributed by atoms with Gasteiger partial charge in [-0.2, -0.15) is 0 Å². The maximum Gasteiger partial charge on any atom is 0.254 e. The van der Waals surface area contributed by atoms with E-state index in [9.17, 15) is 14.4 Å². The fourth-order valence-electron chi connectivity index (χ4n) is 3.66. The average Bonchev–Trinajstić information content (AvgIpc) is 2.65. The number of likely N-dealkylation sites (N-methyl/N-ethyl adjacent to an activating group) is 1. The molecule has 2 heterocycles. The van der Waals surface area contributed by atoms with Crippen LogP contribution in [0.5, 0.6) is 5.75 Å². The van der Waals surface area contributed by atoms with Crippen LogP contribution < -0.4 is 4.74 Å². The quantitative estimate of drug-likeness (QED) is 0.799. The second-order valence-corrected chi connectivity index (χ2v) is 7.14. The summed E-state index contributed by atoms with van der Waals surface area (Å²) in [5.74, 6) is 0.541. The van der Waals surface area contributed by atoms with Gasteiger partial charge in [0.2, 0.25) is 11.8 Å². The molecule has 3 amide bonds. The number of methoxy groups -OCH3 is 1. The largest absolute Gasteiger partial charge is 0.497 e. The number of ether oxygens (including phenoxy) is 1. The van der Waals surface area contributed by atoms with Gasteiger partial charge in [-0.05, 0) is 37.0 Å². The number of hydrogen-bond donors (Lipinski definition) is 0. The minimum atomic E-state index is -0.490. The first-order chi connectivity index (χ1) is 12.4. The summed E-state index contributed by atoms with van der Waals surface area (Å²) in [4.78, 5) is 42.6. The van der Waals surface area contributed by atoms with Crippen LogP contribution in [0, 0.1) is 5.92 Å². The van der Waals surface area contributed by atoms with E-state index in [2.05, 4.69) is 0 Å². The molecule has 0 unspecified atom stereocenters. The lowest BCUT2D eigenvalue weighted by Crippen LogP contribution is -2.61. The van der Waals surface area contributed by atoms with Crippen LogP contribution in [0.4, 0.5) is 0 Å². The molecular weight excluding hydrogens is 334 g/mol. The molecule has 7 nitrogen and oxygen atoms in total. The van der Waals surface area contributed by atoms with Crippen molar-refractivity contribution in [2.75, 3.05) is 40.8 Å². The molecule has 0 spiro atoms. The van der Waals surface area contributed by atoms with Crippen molar-refractivity contribution in [1.82, 2.24) is 14.7 Å². The van der Waals surface area contributed by atoms with Gasteiger partial charge in [0.05, 0.1) is 13.7 Å². The van der Waals surface area contributed by atoms with Gasteiger partial charge in [0, 0.05) is 32.7 Å². The molecule has 140 valence electrons. The third kappa shape index (κ3) is 3.52. The Morgan fingerprint density at radius 1 is 1.31 bits per heavy atom. The lowest BCUT2D eigenvalue weighted by atomic mass is 9.85. The SMILES string of the molecule is COc1cccc(C(=O)N2CC[C@H]3C[C@@H]2C(=O)N(CC(=O)N(C)C)C3)c1. The topological polar surface area (TPSA) is 70.2 Å². The summed E-state index contributed by atoms with van der Waals surface area (Å²) in [5.41, 5.74) is 0.511. The fraction of sp³-hybridized carbons (Fsp3) is 0.526. The fourth-order valence-corrected chi connectivity index (χ4v) is 3.66. The molecule has 0 aromatic heterocycles. The normalized spacial score (nSPS) is 22.2. The van der Waals surface area contributed by atoms with E-state index in [1.165, 1.54) is 4.90 Å². The van der Waals surface area contributed by atoms with Crippen LogP contribution >= 0.6 is 0 Å². The Labute approximate surface area is 153 Å². The van der Waals surface area contributed by atoms with E-state index in [0.717, 1.165) is 6.42 Å². The summed E-state index contributed by atoms with van der Waals surface area (Å²) in [6.45, 7) is 1.22. The molecule has 0 aliphatic carbocycles. The van der Waals surface area contributed by atoms with Crippen molar-refractivity contribution >= 4 is 17.7 Å². The Hall–Kier alpha value is -2.57. The minimum Gasteiger partial charge on any atom is -0.497 e. The number of amides is 3. The summed E-state index contributed by atoms with van der Waals surface area (Å²) in [7, 11) is 4.91. The van der Waals surface area contributed by atoms with Gasteiger partial charge in [0.1, 0.15) is 11.8 Å². The molecule has 2 fully saturated rings. The highest BCUT2D eigenvalue weighted by atomic mass is 16.5. The first-order valence-electron chi connectivity index (χ1n) is 8.84. The van der Waals surface area contributed by atoms with E-state index in [4.69, 9.17) is 4.74 Å². The third-order valence-electron chi connectivity index (χ3n) is 5.19. The van der Waals surface area contributed by atoms with Crippen LogP contribution in [-0.2, 0) is 9.59 Å². The summed E-state index contributed by atoms with van der Waals surface area (Å²) in [6.07, 6.45) is 1.51. The number of hydrogen-bond acceptors (Lipinski definition) is 4. The van der Waals surface area contributed by atoms with Crippen LogP contribution in [0.15, 0.2) is 24.3 Å². The Morgan fingerprint density at radius 3 is 2.77 bits per heavy atom. The summed E-state index contributed by atoms with van der Waals surface area (Å²) < 4.78 is 5.19. The van der Waals surface area contributed by atoms with E-state index >= 15 is 0 Å². The number of nitrogens with zero attached hydrogens (tertiary/aromatic N) is 3. The Balaban J connectivity index is 1.78. The van der Waals surface area contributed by atoms with Crippen LogP contribution in [0.25, 0.3) is 0 Å². The van der Waals surface area contributed by atoms with E-state index < -0.39 is 6.04 Å². The van der Waals surface area contributed by atoms with Crippen LogP contribution in [-0.4, -0.2) is 79.3 Å². The number of carbonyl (C=O) groups is 3. The van der Waals surface area contributed by atoms with Crippen molar-refractivity contribution in [3.05, 3.63) is 29.8 Å². The maximum atomic E-state index is 13.0. The molecule has 26 heavy (non-hydrogen) atoms. The summed E-state index contributed by atoms with van der Waals surface area (Å²) in [6, 6.07) is 6.48. The highest BCUT2D eigenvalue weighted by Gasteiger charge is 2.43. The molecule has 0 N–H and O–H groups in total. The molecule has 0 radical (unpaired) electrons. The Bertz CT molecular complexity index is 718. The zero-order chi connectivity index (χ0) is 18.8. The highest BCUT2D eigenvalue weighted by Crippen LogP contribution is 2.31. The van der Waals surface area contributed by atoms with Crippen LogP contribution in [0.1, 0.15) is 23.2 Å². The Morgan fingerprint density at radius 2 is 2.08 bits per heavy atom. The molecule has 0 saturated carbocycles. The monoisotopic (exact) mass is 359 g/mol. The number of fused-ring (bicyclic) bond motifs is 2. The molecule has 2 atom stereocenters. The van der Waals surface area contributed by atoms with E-state index in [-0.39, 0.29) is 24.3 Å². The minimum absolute atomic E-state index is 0.0695. The zero-order valence-corrected chi connectivity index (χ0v) is 15.5. The summed E-state index contributed by atoms with van der Waals surface area (Å²) >= 11 is 0. The van der Waals surface area contributed by atoms with Gasteiger partial charge < -0.3 is 19.4 Å². The molecule has 1 aromatic carbocycles. The van der Waals surface area contributed by atoms with Crippen molar-refractivity contribution < 1.29 is 19.1 Å². The second kappa shape index (κ2) is 7.35. The van der Waals surface area contributed by atoms with Gasteiger partial charge >= 0.3 is 0 Å². The lowest BCUT2D eigenvalue weighted by molar-refractivity contribution is -0.148. The molecular formula is C19H25N3O4. The van der Waals surface area contributed by atoms with Gasteiger partial charge in [-0.25, -0.2) is 0 Å². The summed E-state index contributed by atoms with van der Waals surface area (Å²) in [5, 5.41) is 0. The molecule has 1 aromatic rings. The van der Waals surface area contributed by atoms with Crippen molar-refractivity contribution in [3.8, 4) is 5.75 Å². The van der Waals surface area contributed by atoms with Crippen LogP contribution in [0.2, 0.25) is 0 Å². The number of rotatable bonds is 4. The smallest absolute Gasteiger partial charge is 0.254 e. The van der Waals surface area contributed by atoms with E-state index in [0.29, 0.717) is 36.7 Å². The average molecular weight is 359 g/mol. The standard InChI is InChI=1S/C19H25N3O4/c1-20(2)17(23)12-21-11-13-7-8-22(16(9-13)19(21)25)18(24)14-5-4-6-15(10-14)26-3/h4-6,10,13,16H,7-9,11-12H2,1-3H3/t13-,16+/m0/s1. The molecule has 2 aliphatic rings. The molecule has 2 bridgehead atoms. The molecule has 3 rings (SSSR count). The number of likely N-dealkylation sites (tertiary alicyclic amines) is 2. The van der Waals surface area contributed by atoms with Crippen molar-refractivity contribution in [3.63, 3.8) is 0 Å². The number of piperidine rings is 2. The molecule has 2 aliphatic heterocycles. The van der Waals surface area contributed by atoms with Crippen molar-refractivity contribution in [1.29, 1.82) is 0 Å². The maximum absolute atomic E-state index is 13.0. The van der Waals surface area contributed by atoms with Gasteiger partial charge in [-0.3, -0.25) is 14.4 Å². The van der Waals surface area contributed by atoms with E-state index in [1.54, 1.807) is 55.3 Å². The second-order valence-electron chi connectivity index (χ2n) is 7.14. The van der Waals surface area contributed by atoms with Gasteiger partial charge in [0.25, 0.3) is 5.91 Å². The predicted octanol–water partition coefficient (Wildman–Crippen LogP) is 0.846. The van der Waals surface area contributed by atoms with Gasteiger partial charge in [-0.1, -0.05) is 6.07 Å². The molecule has 7 heteroatoms. The van der Waals surface area contributed by atoms with Gasteiger partial charge in [0.15, 0.2) is 0 Å². The third-order valence-corrected chi connectivity index (χ3v) is 5.19. The molecule has 2 saturated heterocycles. The Kier molecular flexibility index (Phi) is 5.15. The first-order valence-corrected chi connectivity index (χ1v) is 8.84. The number of benzene rings is 1. The zero-order valence-electron chi connectivity index (χ0n) is 15.5. The first kappa shape index (κ1) is 18.2. The van der Waals surface area contributed by atoms with E-state index in [1.807, 2.05) is 0 Å². The van der Waals surface area contributed by atoms with Crippen LogP contribution in [0.3, 0.4) is 0 Å². The van der Waals surface area contributed by atoms with Gasteiger partial charge in [-0.15, -0.1) is 0 Å². The lowest BCUT2D eigenvalue weighted by Gasteiger charge is -2.46. The highest BCUT2D eigenvalue weighted by molar-refractivity contribution is 5.98. The van der Waals surface area contributed by atoms with Crippen molar-refractivity contribution in [2.24, 2.45) is 5.92 Å². The van der Waals surface area contributed by atoms with Crippen molar-refractivity contribution in [2.45, 2.75) is 18.9 Å². The predicted molar refractivity (Wildman–Crippen MR) is 95.8 cm³/mol.